The van der Waals surface area contributed by atoms with Crippen LogP contribution in [0.1, 0.15) is 220 Å². The largest absolute Gasteiger partial charge is 0.498 e. The monoisotopic (exact) mass is 877 g/mol. The van der Waals surface area contributed by atoms with E-state index < -0.39 is 6.61 Å². The lowest BCUT2D eigenvalue weighted by Crippen LogP contribution is -2.31. The van der Waals surface area contributed by atoms with Crippen LogP contribution in [0.25, 0.3) is 0 Å². The van der Waals surface area contributed by atoms with Gasteiger partial charge < -0.3 is 34.3 Å². The smallest absolute Gasteiger partial charge is 0.305 e. The summed E-state index contributed by atoms with van der Waals surface area (Å²) in [5.74, 6) is 0.523. The van der Waals surface area contributed by atoms with E-state index in [1.165, 1.54) is 130 Å². The van der Waals surface area contributed by atoms with E-state index in [-0.39, 0.29) is 48.6 Å². The Hall–Kier alpha value is -2.56. The quantitative estimate of drug-likeness (QED) is 0.0924. The third kappa shape index (κ3) is 22.4. The van der Waals surface area contributed by atoms with Crippen LogP contribution in [0.4, 0.5) is 0 Å². The van der Waals surface area contributed by atoms with Crippen molar-refractivity contribution in [3.05, 3.63) is 24.5 Å². The van der Waals surface area contributed by atoms with Gasteiger partial charge in [-0.05, 0) is 101 Å². The van der Waals surface area contributed by atoms with Crippen LogP contribution in [-0.4, -0.2) is 80.0 Å². The average Bonchev–Trinajstić information content (AvgIpc) is 3.26. The van der Waals surface area contributed by atoms with Gasteiger partial charge in [0.1, 0.15) is 12.9 Å². The molecule has 10 heteroatoms. The molecule has 0 amide bonds. The number of rotatable bonds is 13. The summed E-state index contributed by atoms with van der Waals surface area (Å²) < 4.78 is 15.0. The zero-order valence-corrected chi connectivity index (χ0v) is 39.5. The Morgan fingerprint density at radius 1 is 0.629 bits per heavy atom. The Morgan fingerprint density at radius 3 is 1.48 bits per heavy atom. The summed E-state index contributed by atoms with van der Waals surface area (Å²) in [6.07, 6.45) is 42.3. The molecular formula is C52H92O10. The molecule has 3 N–H and O–H groups in total. The van der Waals surface area contributed by atoms with Crippen LogP contribution in [0.5, 0.6) is 0 Å². The maximum atomic E-state index is 11.2. The van der Waals surface area contributed by atoms with E-state index in [4.69, 9.17) is 9.84 Å². The van der Waals surface area contributed by atoms with Crippen molar-refractivity contribution in [2.75, 3.05) is 40.6 Å². The molecule has 3 saturated carbocycles. The van der Waals surface area contributed by atoms with Crippen molar-refractivity contribution in [3.63, 3.8) is 0 Å². The van der Waals surface area contributed by atoms with E-state index in [0.717, 1.165) is 95.7 Å². The standard InChI is InChI=1S/2C13H24O3.C13H20O3.C13H22O.H2/c2*1-16-12(15)7-10-13(11-14)8-5-3-2-4-6-9-13;14-10-12(16)6-9-13(11-15)7-4-2-1-3-5-8-13;1-12-7-10-13(11-14-12)8-5-3-2-4-6-9-13;/h2*14H,2-11H2,1H3;2,4,11,14H,1,3,5-10H2;1-11H2;1H/b;;4-2-;;. The lowest BCUT2D eigenvalue weighted by molar-refractivity contribution is -0.142. The Morgan fingerprint density at radius 2 is 1.08 bits per heavy atom. The van der Waals surface area contributed by atoms with Crippen molar-refractivity contribution in [2.24, 2.45) is 21.7 Å². The van der Waals surface area contributed by atoms with E-state index in [2.05, 4.69) is 28.2 Å². The van der Waals surface area contributed by atoms with Gasteiger partial charge in [-0.2, -0.15) is 0 Å². The topological polar surface area (TPSA) is 157 Å². The molecule has 0 aromatic carbocycles. The van der Waals surface area contributed by atoms with Crippen LogP contribution in [0.2, 0.25) is 0 Å². The Labute approximate surface area is 378 Å². The maximum absolute atomic E-state index is 11.2. The number of ketones is 1. The molecular weight excluding hydrogens is 785 g/mol. The lowest BCUT2D eigenvalue weighted by Gasteiger charge is -2.39. The molecule has 4 fully saturated rings. The number of hydrogen-bond donors (Lipinski definition) is 3. The minimum Gasteiger partial charge on any atom is -0.498 e. The molecule has 1 atom stereocenters. The number of hydrogen-bond acceptors (Lipinski definition) is 10. The molecule has 5 aliphatic rings. The van der Waals surface area contributed by atoms with E-state index in [1.54, 1.807) is 0 Å². The fourth-order valence-corrected chi connectivity index (χ4v) is 10.2. The van der Waals surface area contributed by atoms with Crippen molar-refractivity contribution in [1.29, 1.82) is 0 Å². The van der Waals surface area contributed by atoms with Gasteiger partial charge in [0.05, 0.1) is 26.6 Å². The molecule has 0 bridgehead atoms. The maximum Gasteiger partial charge on any atom is 0.305 e. The summed E-state index contributed by atoms with van der Waals surface area (Å²) >= 11 is 0. The van der Waals surface area contributed by atoms with Gasteiger partial charge in [-0.3, -0.25) is 14.4 Å². The van der Waals surface area contributed by atoms with E-state index >= 15 is 0 Å². The second kappa shape index (κ2) is 32.2. The summed E-state index contributed by atoms with van der Waals surface area (Å²) in [6.45, 7) is 4.87. The molecule has 10 nitrogen and oxygen atoms in total. The number of allylic oxidation sites excluding steroid dienone is 3. The van der Waals surface area contributed by atoms with Gasteiger partial charge in [-0.25, -0.2) is 0 Å². The van der Waals surface area contributed by atoms with Crippen LogP contribution in [-0.2, 0) is 33.4 Å². The number of Topliss-reactive ketones (excluding diaryl/α,β-unsaturated/α-hetero) is 1. The summed E-state index contributed by atoms with van der Waals surface area (Å²) in [5, 5.41) is 27.9. The second-order valence-corrected chi connectivity index (χ2v) is 19.7. The highest BCUT2D eigenvalue weighted by atomic mass is 16.5. The highest BCUT2D eigenvalue weighted by molar-refractivity contribution is 5.79. The molecule has 1 spiro atoms. The number of aliphatic hydroxyl groups excluding tert-OH is 3. The van der Waals surface area contributed by atoms with Gasteiger partial charge in [0.25, 0.3) is 0 Å². The molecule has 0 aromatic heterocycles. The molecule has 4 aliphatic carbocycles. The first-order chi connectivity index (χ1) is 30.0. The minimum absolute atomic E-state index is 0. The van der Waals surface area contributed by atoms with E-state index in [9.17, 15) is 29.4 Å². The highest BCUT2D eigenvalue weighted by Crippen LogP contribution is 2.43. The summed E-state index contributed by atoms with van der Waals surface area (Å²) in [4.78, 5) is 44.6. The predicted molar refractivity (Wildman–Crippen MR) is 249 cm³/mol. The first-order valence-electron chi connectivity index (χ1n) is 24.9. The second-order valence-electron chi connectivity index (χ2n) is 19.7. The highest BCUT2D eigenvalue weighted by Gasteiger charge is 2.35. The van der Waals surface area contributed by atoms with Gasteiger partial charge in [0.15, 0.2) is 5.78 Å². The van der Waals surface area contributed by atoms with E-state index in [1.807, 2.05) is 0 Å². The lowest BCUT2D eigenvalue weighted by atomic mass is 9.72. The molecule has 1 saturated heterocycles. The average molecular weight is 877 g/mol. The van der Waals surface area contributed by atoms with Crippen LogP contribution >= 0.6 is 0 Å². The third-order valence-electron chi connectivity index (χ3n) is 14.9. The third-order valence-corrected chi connectivity index (χ3v) is 14.9. The predicted octanol–water partition coefficient (Wildman–Crippen LogP) is 11.6. The van der Waals surface area contributed by atoms with Gasteiger partial charge in [-0.15, -0.1) is 0 Å². The SMILES string of the molecule is C=C1CCC2(CCCCCCC2)CO1.COC(=O)CCC1(CO)CCCCCCC1.COC(=O)CCC1(CO)CCCCCCC1.O=CC1(CCC(=O)CO)C/C=C\CCCC1.[HH]. The number of ether oxygens (including phenoxy) is 3. The van der Waals surface area contributed by atoms with Crippen LogP contribution < -0.4 is 0 Å². The Kier molecular flexibility index (Phi) is 28.8. The first-order valence-corrected chi connectivity index (χ1v) is 24.9. The number of aldehydes is 1. The summed E-state index contributed by atoms with van der Waals surface area (Å²) in [5.41, 5.74) is 0.118. The van der Waals surface area contributed by atoms with Gasteiger partial charge in [0.2, 0.25) is 0 Å². The van der Waals surface area contributed by atoms with Crippen molar-refractivity contribution < 1.29 is 50.1 Å². The summed E-state index contributed by atoms with van der Waals surface area (Å²) in [7, 11) is 2.85. The van der Waals surface area contributed by atoms with Crippen molar-refractivity contribution in [3.8, 4) is 0 Å². The zero-order valence-electron chi connectivity index (χ0n) is 39.5. The van der Waals surface area contributed by atoms with Gasteiger partial charge >= 0.3 is 11.9 Å². The van der Waals surface area contributed by atoms with Crippen LogP contribution in [0, 0.1) is 21.7 Å². The fourth-order valence-electron chi connectivity index (χ4n) is 10.2. The molecule has 62 heavy (non-hydrogen) atoms. The fraction of sp³-hybridized carbons (Fsp3) is 0.846. The van der Waals surface area contributed by atoms with E-state index in [0.29, 0.717) is 31.1 Å². The van der Waals surface area contributed by atoms with Crippen LogP contribution in [0.15, 0.2) is 24.5 Å². The normalized spacial score (nSPS) is 24.2. The number of carbonyl (C=O) groups excluding carboxylic acids is 4. The number of aliphatic hydroxyl groups is 3. The molecule has 0 aromatic rings. The van der Waals surface area contributed by atoms with Crippen molar-refractivity contribution in [2.45, 2.75) is 218 Å². The molecule has 0 radical (unpaired) electrons. The van der Waals surface area contributed by atoms with Gasteiger partial charge in [-0.1, -0.05) is 121 Å². The van der Waals surface area contributed by atoms with Gasteiger partial charge in [0, 0.05) is 51.2 Å². The Bertz CT molecular complexity index is 1220. The van der Waals surface area contributed by atoms with Crippen LogP contribution in [0.3, 0.4) is 0 Å². The molecule has 360 valence electrons. The molecule has 1 unspecified atom stereocenters. The molecule has 1 aliphatic heterocycles. The zero-order chi connectivity index (χ0) is 45.4. The summed E-state index contributed by atoms with van der Waals surface area (Å²) in [6, 6.07) is 0. The Balaban J connectivity index is 0.000000418. The minimum atomic E-state index is -0.412. The number of esters is 2. The molecule has 1 heterocycles. The van der Waals surface area contributed by atoms with Crippen molar-refractivity contribution >= 4 is 24.0 Å². The first kappa shape index (κ1) is 55.6. The van der Waals surface area contributed by atoms with Crippen molar-refractivity contribution in [1.82, 2.24) is 0 Å². The number of methoxy groups -OCH3 is 2. The molecule has 5 rings (SSSR count). The number of carbonyl (C=O) groups is 4.